The molecular formula is C15H15BrF2N2. The molecule has 2 nitrogen and oxygen atoms in total. The third kappa shape index (κ3) is 3.35. The predicted octanol–water partition coefficient (Wildman–Crippen LogP) is 4.15. The average molecular weight is 341 g/mol. The quantitative estimate of drug-likeness (QED) is 0.877. The van der Waals surface area contributed by atoms with Crippen LogP contribution >= 0.6 is 15.9 Å². The largest absolute Gasteiger partial charge is 0.377 e. The van der Waals surface area contributed by atoms with Crippen LogP contribution in [0.1, 0.15) is 17.2 Å². The molecule has 5 heteroatoms. The molecule has 1 atom stereocenters. The molecule has 0 radical (unpaired) electrons. The molecule has 2 rings (SSSR count). The van der Waals surface area contributed by atoms with Gasteiger partial charge in [0.2, 0.25) is 0 Å². The molecule has 1 unspecified atom stereocenters. The Hall–Kier alpha value is -1.46. The van der Waals surface area contributed by atoms with Gasteiger partial charge in [-0.25, -0.2) is 8.78 Å². The van der Waals surface area contributed by atoms with Gasteiger partial charge in [0.05, 0.1) is 6.04 Å². The standard InChI is InChI=1S/C15H15BrF2N2/c1-9-5-10(16)7-11(6-9)20-14(8-19)12-3-2-4-13(17)15(12)18/h2-7,14,20H,8,19H2,1H3. The Morgan fingerprint density at radius 3 is 2.65 bits per heavy atom. The Balaban J connectivity index is 2.31. The topological polar surface area (TPSA) is 38.0 Å². The molecule has 0 bridgehead atoms. The molecule has 3 N–H and O–H groups in total. The Labute approximate surface area is 125 Å². The van der Waals surface area contributed by atoms with Crippen LogP contribution in [0, 0.1) is 18.6 Å². The zero-order valence-corrected chi connectivity index (χ0v) is 12.5. The summed E-state index contributed by atoms with van der Waals surface area (Å²) in [6.45, 7) is 2.11. The fourth-order valence-electron chi connectivity index (χ4n) is 2.07. The highest BCUT2D eigenvalue weighted by Gasteiger charge is 2.17. The lowest BCUT2D eigenvalue weighted by molar-refractivity contribution is 0.492. The fraction of sp³-hybridized carbons (Fsp3) is 0.200. The first-order valence-electron chi connectivity index (χ1n) is 6.19. The normalized spacial score (nSPS) is 12.2. The lowest BCUT2D eigenvalue weighted by Crippen LogP contribution is -2.22. The molecule has 0 amide bonds. The summed E-state index contributed by atoms with van der Waals surface area (Å²) in [5.74, 6) is -1.73. The van der Waals surface area contributed by atoms with Gasteiger partial charge in [-0.3, -0.25) is 0 Å². The Morgan fingerprint density at radius 2 is 2.00 bits per heavy atom. The number of nitrogens with one attached hydrogen (secondary N) is 1. The first-order chi connectivity index (χ1) is 9.51. The summed E-state index contributed by atoms with van der Waals surface area (Å²) in [5.41, 5.74) is 7.77. The van der Waals surface area contributed by atoms with Crippen LogP contribution in [0.15, 0.2) is 40.9 Å². The van der Waals surface area contributed by atoms with Crippen LogP contribution in [-0.4, -0.2) is 6.54 Å². The van der Waals surface area contributed by atoms with E-state index in [1.807, 2.05) is 25.1 Å². The van der Waals surface area contributed by atoms with Gasteiger partial charge in [-0.15, -0.1) is 0 Å². The molecule has 0 saturated heterocycles. The van der Waals surface area contributed by atoms with E-state index < -0.39 is 17.7 Å². The summed E-state index contributed by atoms with van der Waals surface area (Å²) in [6.07, 6.45) is 0. The molecule has 0 fully saturated rings. The summed E-state index contributed by atoms with van der Waals surface area (Å²) in [4.78, 5) is 0. The van der Waals surface area contributed by atoms with Crippen molar-refractivity contribution in [3.8, 4) is 0 Å². The van der Waals surface area contributed by atoms with Crippen molar-refractivity contribution in [2.45, 2.75) is 13.0 Å². The van der Waals surface area contributed by atoms with Crippen molar-refractivity contribution in [3.05, 3.63) is 63.6 Å². The van der Waals surface area contributed by atoms with Crippen molar-refractivity contribution in [1.29, 1.82) is 0 Å². The predicted molar refractivity (Wildman–Crippen MR) is 80.7 cm³/mol. The van der Waals surface area contributed by atoms with Crippen LogP contribution in [0.2, 0.25) is 0 Å². The minimum Gasteiger partial charge on any atom is -0.377 e. The molecule has 0 heterocycles. The summed E-state index contributed by atoms with van der Waals surface area (Å²) < 4.78 is 28.0. The first kappa shape index (κ1) is 14.9. The SMILES string of the molecule is Cc1cc(Br)cc(NC(CN)c2cccc(F)c2F)c1. The van der Waals surface area contributed by atoms with Crippen molar-refractivity contribution < 1.29 is 8.78 Å². The van der Waals surface area contributed by atoms with Gasteiger partial charge in [-0.2, -0.15) is 0 Å². The maximum atomic E-state index is 13.8. The fourth-order valence-corrected chi connectivity index (χ4v) is 2.68. The molecule has 0 saturated carbocycles. The number of rotatable bonds is 4. The van der Waals surface area contributed by atoms with E-state index >= 15 is 0 Å². The summed E-state index contributed by atoms with van der Waals surface area (Å²) >= 11 is 3.40. The lowest BCUT2D eigenvalue weighted by Gasteiger charge is -2.20. The van der Waals surface area contributed by atoms with E-state index in [0.29, 0.717) is 0 Å². The highest BCUT2D eigenvalue weighted by Crippen LogP contribution is 2.25. The van der Waals surface area contributed by atoms with Gasteiger partial charge in [-0.1, -0.05) is 28.1 Å². The molecule has 20 heavy (non-hydrogen) atoms. The molecule has 2 aromatic rings. The number of anilines is 1. The summed E-state index contributed by atoms with van der Waals surface area (Å²) in [5, 5.41) is 3.13. The van der Waals surface area contributed by atoms with Crippen molar-refractivity contribution in [1.82, 2.24) is 0 Å². The molecule has 0 aliphatic rings. The summed E-state index contributed by atoms with van der Waals surface area (Å²) in [7, 11) is 0. The van der Waals surface area contributed by atoms with Crippen LogP contribution in [-0.2, 0) is 0 Å². The first-order valence-corrected chi connectivity index (χ1v) is 6.98. The second-order valence-electron chi connectivity index (χ2n) is 4.59. The number of nitrogens with two attached hydrogens (primary N) is 1. The molecular weight excluding hydrogens is 326 g/mol. The highest BCUT2D eigenvalue weighted by atomic mass is 79.9. The van der Waals surface area contributed by atoms with Gasteiger partial charge in [0.15, 0.2) is 11.6 Å². The van der Waals surface area contributed by atoms with E-state index in [0.717, 1.165) is 21.8 Å². The Kier molecular flexibility index (Phi) is 4.73. The van der Waals surface area contributed by atoms with E-state index in [9.17, 15) is 8.78 Å². The van der Waals surface area contributed by atoms with Crippen LogP contribution in [0.25, 0.3) is 0 Å². The van der Waals surface area contributed by atoms with Crippen LogP contribution in [0.3, 0.4) is 0 Å². The van der Waals surface area contributed by atoms with Gasteiger partial charge in [0.1, 0.15) is 0 Å². The molecule has 0 aliphatic heterocycles. The minimum absolute atomic E-state index is 0.159. The van der Waals surface area contributed by atoms with E-state index in [2.05, 4.69) is 21.2 Å². The van der Waals surface area contributed by atoms with Gasteiger partial charge in [0, 0.05) is 22.3 Å². The third-order valence-electron chi connectivity index (χ3n) is 2.98. The van der Waals surface area contributed by atoms with Crippen LogP contribution in [0.5, 0.6) is 0 Å². The Bertz CT molecular complexity index is 597. The van der Waals surface area contributed by atoms with Crippen molar-refractivity contribution >= 4 is 21.6 Å². The third-order valence-corrected chi connectivity index (χ3v) is 3.43. The lowest BCUT2D eigenvalue weighted by atomic mass is 10.1. The van der Waals surface area contributed by atoms with Gasteiger partial charge in [0.25, 0.3) is 0 Å². The second-order valence-corrected chi connectivity index (χ2v) is 5.51. The molecule has 0 aliphatic carbocycles. The monoisotopic (exact) mass is 340 g/mol. The second kappa shape index (κ2) is 6.33. The van der Waals surface area contributed by atoms with Crippen molar-refractivity contribution in [2.75, 3.05) is 11.9 Å². The number of benzene rings is 2. The molecule has 106 valence electrons. The van der Waals surface area contributed by atoms with Crippen LogP contribution < -0.4 is 11.1 Å². The smallest absolute Gasteiger partial charge is 0.164 e. The Morgan fingerprint density at radius 1 is 1.25 bits per heavy atom. The molecule has 0 spiro atoms. The number of halogens is 3. The van der Waals surface area contributed by atoms with Gasteiger partial charge >= 0.3 is 0 Å². The van der Waals surface area contributed by atoms with E-state index in [1.165, 1.54) is 12.1 Å². The van der Waals surface area contributed by atoms with Crippen LogP contribution in [0.4, 0.5) is 14.5 Å². The van der Waals surface area contributed by atoms with E-state index in [1.54, 1.807) is 0 Å². The van der Waals surface area contributed by atoms with Gasteiger partial charge < -0.3 is 11.1 Å². The van der Waals surface area contributed by atoms with E-state index in [4.69, 9.17) is 5.73 Å². The van der Waals surface area contributed by atoms with E-state index in [-0.39, 0.29) is 12.1 Å². The molecule has 2 aromatic carbocycles. The number of hydrogen-bond acceptors (Lipinski definition) is 2. The maximum absolute atomic E-state index is 13.8. The zero-order valence-electron chi connectivity index (χ0n) is 11.0. The number of aryl methyl sites for hydroxylation is 1. The van der Waals surface area contributed by atoms with Crippen molar-refractivity contribution in [3.63, 3.8) is 0 Å². The number of hydrogen-bond donors (Lipinski definition) is 2. The molecule has 0 aromatic heterocycles. The highest BCUT2D eigenvalue weighted by molar-refractivity contribution is 9.10. The minimum atomic E-state index is -0.867. The maximum Gasteiger partial charge on any atom is 0.164 e. The van der Waals surface area contributed by atoms with Gasteiger partial charge in [-0.05, 0) is 36.8 Å². The van der Waals surface area contributed by atoms with Crippen molar-refractivity contribution in [2.24, 2.45) is 5.73 Å². The average Bonchev–Trinajstić information content (AvgIpc) is 2.38. The zero-order chi connectivity index (χ0) is 14.7. The summed E-state index contributed by atoms with van der Waals surface area (Å²) in [6, 6.07) is 9.37.